The Balaban J connectivity index is 1.72. The van der Waals surface area contributed by atoms with Gasteiger partial charge >= 0.3 is 0 Å². The molecule has 5 nitrogen and oxygen atoms in total. The molecule has 0 saturated carbocycles. The van der Waals surface area contributed by atoms with Crippen LogP contribution in [0.5, 0.6) is 5.75 Å². The van der Waals surface area contributed by atoms with Crippen LogP contribution in [0.4, 0.5) is 0 Å². The molecule has 0 radical (unpaired) electrons. The Morgan fingerprint density at radius 3 is 2.48 bits per heavy atom. The van der Waals surface area contributed by atoms with E-state index in [1.54, 1.807) is 35.6 Å². The van der Waals surface area contributed by atoms with Crippen molar-refractivity contribution in [3.8, 4) is 5.75 Å². The molecule has 0 bridgehead atoms. The highest BCUT2D eigenvalue weighted by atomic mass is 32.1. The molecule has 0 aliphatic rings. The van der Waals surface area contributed by atoms with E-state index in [1.165, 1.54) is 0 Å². The van der Waals surface area contributed by atoms with Crippen LogP contribution in [0.2, 0.25) is 0 Å². The number of nitrogens with one attached hydrogen (secondary N) is 1. The lowest BCUT2D eigenvalue weighted by atomic mass is 10.0. The maximum Gasteiger partial charge on any atom is 0.258 e. The number of benzene rings is 2. The Kier molecular flexibility index (Phi) is 5.88. The van der Waals surface area contributed by atoms with Gasteiger partial charge in [0.15, 0.2) is 6.61 Å². The fourth-order valence-corrected chi connectivity index (χ4v) is 3.48. The van der Waals surface area contributed by atoms with Crippen LogP contribution in [0.1, 0.15) is 32.4 Å². The molecule has 1 atom stereocenters. The zero-order chi connectivity index (χ0) is 19.2. The second kappa shape index (κ2) is 8.51. The van der Waals surface area contributed by atoms with Crippen molar-refractivity contribution >= 4 is 23.2 Å². The predicted octanol–water partition coefficient (Wildman–Crippen LogP) is 3.44. The second-order valence-corrected chi connectivity index (χ2v) is 7.05. The zero-order valence-electron chi connectivity index (χ0n) is 14.8. The molecule has 3 N–H and O–H groups in total. The second-order valence-electron chi connectivity index (χ2n) is 6.08. The average molecular weight is 380 g/mol. The number of carbonyl (C=O) groups excluding carboxylic acids is 2. The summed E-state index contributed by atoms with van der Waals surface area (Å²) in [7, 11) is 0. The number of aryl methyl sites for hydroxylation is 1. The van der Waals surface area contributed by atoms with Gasteiger partial charge in [0.25, 0.3) is 11.8 Å². The van der Waals surface area contributed by atoms with Crippen LogP contribution in [0.3, 0.4) is 0 Å². The van der Waals surface area contributed by atoms with Crippen LogP contribution in [-0.4, -0.2) is 18.4 Å². The van der Waals surface area contributed by atoms with Crippen molar-refractivity contribution in [3.63, 3.8) is 0 Å². The van der Waals surface area contributed by atoms with E-state index in [9.17, 15) is 9.59 Å². The fraction of sp³-hybridized carbons (Fsp3) is 0.143. The summed E-state index contributed by atoms with van der Waals surface area (Å²) >= 11 is 1.58. The number of primary amides is 1. The minimum absolute atomic E-state index is 0.210. The average Bonchev–Trinajstić information content (AvgIpc) is 3.20. The normalized spacial score (nSPS) is 11.6. The van der Waals surface area contributed by atoms with Crippen molar-refractivity contribution in [1.82, 2.24) is 5.32 Å². The first-order chi connectivity index (χ1) is 13.0. The van der Waals surface area contributed by atoms with Crippen molar-refractivity contribution in [1.29, 1.82) is 0 Å². The standard InChI is InChI=1S/C21H20N2O3S/c1-14-8-10-15(11-9-14)20(18-7-4-12-27-18)23-19(24)13-26-17-6-3-2-5-16(17)21(22)25/h2-12,20H,13H2,1H3,(H2,22,25)(H,23,24)/t20-/m0/s1. The van der Waals surface area contributed by atoms with E-state index in [2.05, 4.69) is 5.32 Å². The molecule has 2 amide bonds. The smallest absolute Gasteiger partial charge is 0.258 e. The first kappa shape index (κ1) is 18.7. The highest BCUT2D eigenvalue weighted by molar-refractivity contribution is 7.10. The monoisotopic (exact) mass is 380 g/mol. The number of thiophene rings is 1. The lowest BCUT2D eigenvalue weighted by molar-refractivity contribution is -0.123. The highest BCUT2D eigenvalue weighted by Gasteiger charge is 2.18. The maximum atomic E-state index is 12.5. The quantitative estimate of drug-likeness (QED) is 0.659. The molecule has 3 aromatic rings. The third kappa shape index (κ3) is 4.74. The van der Waals surface area contributed by atoms with Gasteiger partial charge in [-0.2, -0.15) is 0 Å². The summed E-state index contributed by atoms with van der Waals surface area (Å²) in [5.74, 6) is -0.585. The number of nitrogens with two attached hydrogens (primary N) is 1. The van der Waals surface area contributed by atoms with Crippen LogP contribution in [0, 0.1) is 6.92 Å². The number of ether oxygens (including phenoxy) is 1. The third-order valence-electron chi connectivity index (χ3n) is 4.05. The summed E-state index contributed by atoms with van der Waals surface area (Å²) in [6.07, 6.45) is 0. The van der Waals surface area contributed by atoms with E-state index in [1.807, 2.05) is 48.7 Å². The number of amides is 2. The molecule has 2 aromatic carbocycles. The van der Waals surface area contributed by atoms with E-state index in [0.717, 1.165) is 16.0 Å². The van der Waals surface area contributed by atoms with Crippen LogP contribution in [0.15, 0.2) is 66.0 Å². The topological polar surface area (TPSA) is 81.4 Å². The molecule has 27 heavy (non-hydrogen) atoms. The van der Waals surface area contributed by atoms with Gasteiger partial charge in [-0.3, -0.25) is 9.59 Å². The Hall–Kier alpha value is -3.12. The minimum atomic E-state index is -0.595. The molecule has 0 unspecified atom stereocenters. The summed E-state index contributed by atoms with van der Waals surface area (Å²) in [6, 6.07) is 18.3. The van der Waals surface area contributed by atoms with E-state index < -0.39 is 5.91 Å². The summed E-state index contributed by atoms with van der Waals surface area (Å²) in [4.78, 5) is 25.0. The molecule has 6 heteroatoms. The van der Waals surface area contributed by atoms with Crippen LogP contribution in [-0.2, 0) is 4.79 Å². The number of carbonyl (C=O) groups is 2. The van der Waals surface area contributed by atoms with Crippen LogP contribution in [0.25, 0.3) is 0 Å². The van der Waals surface area contributed by atoms with Gasteiger partial charge in [0.05, 0.1) is 11.6 Å². The van der Waals surface area contributed by atoms with Crippen molar-refractivity contribution in [3.05, 3.63) is 87.6 Å². The van der Waals surface area contributed by atoms with Gasteiger partial charge in [0.1, 0.15) is 5.75 Å². The first-order valence-corrected chi connectivity index (χ1v) is 9.33. The molecule has 1 aromatic heterocycles. The molecule has 0 saturated heterocycles. The molecule has 3 rings (SSSR count). The van der Waals surface area contributed by atoms with Gasteiger partial charge < -0.3 is 15.8 Å². The van der Waals surface area contributed by atoms with Crippen molar-refractivity contribution in [2.75, 3.05) is 6.61 Å². The number of hydrogen-bond acceptors (Lipinski definition) is 4. The van der Waals surface area contributed by atoms with E-state index >= 15 is 0 Å². The Bertz CT molecular complexity index is 921. The zero-order valence-corrected chi connectivity index (χ0v) is 15.7. The Labute approximate surface area is 161 Å². The predicted molar refractivity (Wildman–Crippen MR) is 106 cm³/mol. The molecule has 0 fully saturated rings. The number of para-hydroxylation sites is 1. The van der Waals surface area contributed by atoms with Crippen LogP contribution < -0.4 is 15.8 Å². The molecule has 138 valence electrons. The lowest BCUT2D eigenvalue weighted by Crippen LogP contribution is -2.33. The van der Waals surface area contributed by atoms with Gasteiger partial charge in [-0.15, -0.1) is 11.3 Å². The first-order valence-electron chi connectivity index (χ1n) is 8.45. The SMILES string of the molecule is Cc1ccc([C@H](NC(=O)COc2ccccc2C(N)=O)c2cccs2)cc1. The molecular weight excluding hydrogens is 360 g/mol. The fourth-order valence-electron chi connectivity index (χ4n) is 2.68. The summed E-state index contributed by atoms with van der Waals surface area (Å²) in [5, 5.41) is 4.98. The van der Waals surface area contributed by atoms with E-state index in [4.69, 9.17) is 10.5 Å². The number of hydrogen-bond donors (Lipinski definition) is 2. The number of rotatable bonds is 7. The summed E-state index contributed by atoms with van der Waals surface area (Å²) < 4.78 is 5.52. The minimum Gasteiger partial charge on any atom is -0.483 e. The molecule has 0 spiro atoms. The summed E-state index contributed by atoms with van der Waals surface area (Å²) in [6.45, 7) is 1.81. The molecule has 0 aliphatic heterocycles. The lowest BCUT2D eigenvalue weighted by Gasteiger charge is -2.19. The van der Waals surface area contributed by atoms with E-state index in [0.29, 0.717) is 5.75 Å². The Morgan fingerprint density at radius 2 is 1.81 bits per heavy atom. The third-order valence-corrected chi connectivity index (χ3v) is 4.99. The van der Waals surface area contributed by atoms with Gasteiger partial charge in [-0.1, -0.05) is 48.0 Å². The van der Waals surface area contributed by atoms with Crippen molar-refractivity contribution in [2.45, 2.75) is 13.0 Å². The highest BCUT2D eigenvalue weighted by Crippen LogP contribution is 2.26. The molecule has 1 heterocycles. The van der Waals surface area contributed by atoms with Gasteiger partial charge in [0.2, 0.25) is 0 Å². The van der Waals surface area contributed by atoms with Gasteiger partial charge in [-0.25, -0.2) is 0 Å². The van der Waals surface area contributed by atoms with E-state index in [-0.39, 0.29) is 24.1 Å². The largest absolute Gasteiger partial charge is 0.483 e. The van der Waals surface area contributed by atoms with Gasteiger partial charge in [0, 0.05) is 4.88 Å². The molecule has 0 aliphatic carbocycles. The maximum absolute atomic E-state index is 12.5. The molecular formula is C21H20N2O3S. The van der Waals surface area contributed by atoms with Crippen molar-refractivity contribution < 1.29 is 14.3 Å². The van der Waals surface area contributed by atoms with Crippen molar-refractivity contribution in [2.24, 2.45) is 5.73 Å². The van der Waals surface area contributed by atoms with Gasteiger partial charge in [-0.05, 0) is 36.1 Å². The Morgan fingerprint density at radius 1 is 1.07 bits per heavy atom. The summed E-state index contributed by atoms with van der Waals surface area (Å²) in [5.41, 5.74) is 7.73. The van der Waals surface area contributed by atoms with Crippen LogP contribution >= 0.6 is 11.3 Å².